The summed E-state index contributed by atoms with van der Waals surface area (Å²) in [5.41, 5.74) is -0.165. The van der Waals surface area contributed by atoms with Gasteiger partial charge in [0.05, 0.1) is 26.9 Å². The third kappa shape index (κ3) is 2.74. The van der Waals surface area contributed by atoms with Crippen LogP contribution in [0.1, 0.15) is 10.4 Å². The number of methoxy groups -OCH3 is 3. The zero-order chi connectivity index (χ0) is 15.4. The average Bonchev–Trinajstić information content (AvgIpc) is 2.53. The number of carbonyl (C=O) groups excluding carboxylic acids is 1. The van der Waals surface area contributed by atoms with Crippen molar-refractivity contribution in [1.82, 2.24) is 0 Å². The monoisotopic (exact) mass is 290 g/mol. The fraction of sp³-hybridized carbons (Fsp3) is 0.200. The molecule has 0 unspecified atom stereocenters. The zero-order valence-corrected chi connectivity index (χ0v) is 11.8. The van der Waals surface area contributed by atoms with Crippen molar-refractivity contribution in [3.05, 3.63) is 40.2 Å². The van der Waals surface area contributed by atoms with E-state index in [1.807, 2.05) is 0 Å². The summed E-state index contributed by atoms with van der Waals surface area (Å²) in [5.74, 6) is 1.61. The molecule has 0 bridgehead atoms. The second kappa shape index (κ2) is 6.13. The Morgan fingerprint density at radius 3 is 2.05 bits per heavy atom. The molecule has 21 heavy (non-hydrogen) atoms. The highest BCUT2D eigenvalue weighted by Gasteiger charge is 2.15. The van der Waals surface area contributed by atoms with Gasteiger partial charge in [0.1, 0.15) is 5.76 Å². The van der Waals surface area contributed by atoms with Crippen molar-refractivity contribution in [1.29, 1.82) is 0 Å². The first-order chi connectivity index (χ1) is 10.1. The van der Waals surface area contributed by atoms with Crippen LogP contribution in [0.3, 0.4) is 0 Å². The van der Waals surface area contributed by atoms with E-state index >= 15 is 0 Å². The van der Waals surface area contributed by atoms with Gasteiger partial charge in [0.25, 0.3) is 0 Å². The van der Waals surface area contributed by atoms with Gasteiger partial charge in [-0.05, 0) is 24.3 Å². The molecule has 0 amide bonds. The van der Waals surface area contributed by atoms with Crippen molar-refractivity contribution < 1.29 is 23.4 Å². The van der Waals surface area contributed by atoms with Crippen LogP contribution in [-0.4, -0.2) is 27.6 Å². The lowest BCUT2D eigenvalue weighted by molar-refractivity contribution is 0.112. The first-order valence-electron chi connectivity index (χ1n) is 6.04. The van der Waals surface area contributed by atoms with Gasteiger partial charge < -0.3 is 18.6 Å². The summed E-state index contributed by atoms with van der Waals surface area (Å²) in [6.07, 6.45) is 0.449. The number of rotatable bonds is 5. The highest BCUT2D eigenvalue weighted by Crippen LogP contribution is 2.40. The summed E-state index contributed by atoms with van der Waals surface area (Å²) in [4.78, 5) is 22.2. The van der Waals surface area contributed by atoms with Crippen LogP contribution in [0.4, 0.5) is 0 Å². The van der Waals surface area contributed by atoms with Gasteiger partial charge >= 0.3 is 5.63 Å². The lowest BCUT2D eigenvalue weighted by Crippen LogP contribution is -2.06. The zero-order valence-electron chi connectivity index (χ0n) is 11.8. The molecule has 0 aliphatic heterocycles. The Bertz CT molecular complexity index is 691. The Kier molecular flexibility index (Phi) is 4.27. The molecule has 6 heteroatoms. The van der Waals surface area contributed by atoms with E-state index in [0.29, 0.717) is 34.9 Å². The van der Waals surface area contributed by atoms with E-state index in [9.17, 15) is 9.59 Å². The molecular formula is C15H14O6. The highest BCUT2D eigenvalue weighted by molar-refractivity contribution is 5.75. The molecule has 0 aliphatic rings. The summed E-state index contributed by atoms with van der Waals surface area (Å²) in [6.45, 7) is 0. The summed E-state index contributed by atoms with van der Waals surface area (Å²) in [5, 5.41) is 0. The Labute approximate surface area is 120 Å². The van der Waals surface area contributed by atoms with Crippen LogP contribution in [-0.2, 0) is 0 Å². The van der Waals surface area contributed by atoms with E-state index in [1.165, 1.54) is 33.5 Å². The molecule has 0 N–H and O–H groups in total. The molecule has 0 saturated heterocycles. The van der Waals surface area contributed by atoms with Gasteiger partial charge in [0, 0.05) is 5.56 Å². The van der Waals surface area contributed by atoms with Crippen LogP contribution in [0.25, 0.3) is 11.3 Å². The molecule has 0 spiro atoms. The van der Waals surface area contributed by atoms with Gasteiger partial charge in [0.2, 0.25) is 5.75 Å². The molecule has 0 radical (unpaired) electrons. The summed E-state index contributed by atoms with van der Waals surface area (Å²) in [7, 11) is 4.48. The van der Waals surface area contributed by atoms with Crippen LogP contribution in [0, 0.1) is 0 Å². The smallest absolute Gasteiger partial charge is 0.346 e. The molecule has 1 heterocycles. The number of aldehydes is 1. The van der Waals surface area contributed by atoms with Crippen molar-refractivity contribution in [3.63, 3.8) is 0 Å². The number of benzene rings is 1. The normalized spacial score (nSPS) is 10.0. The standard InChI is InChI=1S/C15H14O6/c1-18-12-6-10(7-13(19-2)14(12)20-3)11-5-4-9(8-16)15(17)21-11/h4-8H,1-3H3. The van der Waals surface area contributed by atoms with E-state index in [1.54, 1.807) is 12.1 Å². The summed E-state index contributed by atoms with van der Waals surface area (Å²) < 4.78 is 20.8. The van der Waals surface area contributed by atoms with Crippen LogP contribution in [0.5, 0.6) is 17.2 Å². The lowest BCUT2D eigenvalue weighted by atomic mass is 10.1. The van der Waals surface area contributed by atoms with Crippen LogP contribution >= 0.6 is 0 Å². The molecule has 0 atom stereocenters. The quantitative estimate of drug-likeness (QED) is 0.785. The molecule has 110 valence electrons. The van der Waals surface area contributed by atoms with Gasteiger partial charge in [-0.25, -0.2) is 4.79 Å². The molecule has 0 fully saturated rings. The van der Waals surface area contributed by atoms with E-state index in [-0.39, 0.29) is 5.56 Å². The first-order valence-corrected chi connectivity index (χ1v) is 6.04. The van der Waals surface area contributed by atoms with Crippen LogP contribution < -0.4 is 19.8 Å². The number of ether oxygens (including phenoxy) is 3. The average molecular weight is 290 g/mol. The minimum atomic E-state index is -0.698. The third-order valence-corrected chi connectivity index (χ3v) is 2.93. The van der Waals surface area contributed by atoms with Crippen molar-refractivity contribution in [2.75, 3.05) is 21.3 Å². The summed E-state index contributed by atoms with van der Waals surface area (Å²) in [6, 6.07) is 6.24. The largest absolute Gasteiger partial charge is 0.493 e. The maximum atomic E-state index is 11.6. The predicted octanol–water partition coefficient (Wildman–Crippen LogP) is 2.15. The highest BCUT2D eigenvalue weighted by atomic mass is 16.5. The molecule has 0 aliphatic carbocycles. The Hall–Kier alpha value is -2.76. The van der Waals surface area contributed by atoms with Crippen molar-refractivity contribution in [3.8, 4) is 28.6 Å². The fourth-order valence-corrected chi connectivity index (χ4v) is 1.89. The number of hydrogen-bond donors (Lipinski definition) is 0. The minimum Gasteiger partial charge on any atom is -0.493 e. The number of carbonyl (C=O) groups is 1. The van der Waals surface area contributed by atoms with Gasteiger partial charge in [-0.3, -0.25) is 4.79 Å². The summed E-state index contributed by atoms with van der Waals surface area (Å²) >= 11 is 0. The van der Waals surface area contributed by atoms with Crippen LogP contribution in [0.2, 0.25) is 0 Å². The Morgan fingerprint density at radius 2 is 1.62 bits per heavy atom. The maximum Gasteiger partial charge on any atom is 0.346 e. The molecule has 1 aromatic carbocycles. The SMILES string of the molecule is COc1cc(-c2ccc(C=O)c(=O)o2)cc(OC)c1OC. The molecular weight excluding hydrogens is 276 g/mol. The van der Waals surface area contributed by atoms with Crippen molar-refractivity contribution in [2.24, 2.45) is 0 Å². The molecule has 2 rings (SSSR count). The van der Waals surface area contributed by atoms with Crippen molar-refractivity contribution in [2.45, 2.75) is 0 Å². The molecule has 2 aromatic rings. The van der Waals surface area contributed by atoms with Gasteiger partial charge in [-0.15, -0.1) is 0 Å². The molecule has 6 nitrogen and oxygen atoms in total. The second-order valence-corrected chi connectivity index (χ2v) is 4.07. The van der Waals surface area contributed by atoms with Crippen LogP contribution in [0.15, 0.2) is 33.5 Å². The van der Waals surface area contributed by atoms with E-state index < -0.39 is 5.63 Å². The second-order valence-electron chi connectivity index (χ2n) is 4.07. The van der Waals surface area contributed by atoms with Crippen molar-refractivity contribution >= 4 is 6.29 Å². The number of hydrogen-bond acceptors (Lipinski definition) is 6. The topological polar surface area (TPSA) is 75.0 Å². The Morgan fingerprint density at radius 1 is 1.00 bits per heavy atom. The van der Waals surface area contributed by atoms with E-state index in [0.717, 1.165) is 0 Å². The molecule has 1 aromatic heterocycles. The first kappa shape index (κ1) is 14.6. The van der Waals surface area contributed by atoms with Gasteiger partial charge in [-0.1, -0.05) is 0 Å². The van der Waals surface area contributed by atoms with Gasteiger partial charge in [-0.2, -0.15) is 0 Å². The fourth-order valence-electron chi connectivity index (χ4n) is 1.89. The lowest BCUT2D eigenvalue weighted by Gasteiger charge is -2.13. The van der Waals surface area contributed by atoms with Gasteiger partial charge in [0.15, 0.2) is 17.8 Å². The maximum absolute atomic E-state index is 11.6. The molecule has 0 saturated carbocycles. The van der Waals surface area contributed by atoms with E-state index in [4.69, 9.17) is 18.6 Å². The predicted molar refractivity (Wildman–Crippen MR) is 75.5 cm³/mol. The third-order valence-electron chi connectivity index (χ3n) is 2.93. The minimum absolute atomic E-state index is 0.0359. The van der Waals surface area contributed by atoms with E-state index in [2.05, 4.69) is 0 Å². The Balaban J connectivity index is 2.61.